The monoisotopic (exact) mass is 612 g/mol. The molecular weight excluding hydrogens is 572 g/mol. The summed E-state index contributed by atoms with van der Waals surface area (Å²) in [5.41, 5.74) is 2.42. The van der Waals surface area contributed by atoms with Gasteiger partial charge >= 0.3 is 6.09 Å². The number of carbonyl (C=O) groups excluding carboxylic acids is 1. The number of carboxylic acid groups (broad SMARTS) is 1. The fraction of sp³-hybridized carbons (Fsp3) is 0.516. The molecule has 3 aromatic rings. The van der Waals surface area contributed by atoms with Gasteiger partial charge in [-0.2, -0.15) is 0 Å². The number of aromatic nitrogens is 2. The quantitative estimate of drug-likeness (QED) is 0.271. The van der Waals surface area contributed by atoms with Crippen molar-refractivity contribution >= 4 is 39.0 Å². The summed E-state index contributed by atoms with van der Waals surface area (Å²) in [6.07, 6.45) is 2.32. The number of nitrogens with zero attached hydrogens (tertiary/aromatic N) is 4. The van der Waals surface area contributed by atoms with E-state index >= 15 is 0 Å². The van der Waals surface area contributed by atoms with E-state index in [1.54, 1.807) is 7.11 Å². The number of aryl methyl sites for hydroxylation is 1. The zero-order valence-corrected chi connectivity index (χ0v) is 25.6. The Kier molecular flexibility index (Phi) is 9.90. The molecule has 0 spiro atoms. The summed E-state index contributed by atoms with van der Waals surface area (Å²) in [6, 6.07) is 15.6. The fourth-order valence-electron chi connectivity index (χ4n) is 5.89. The van der Waals surface area contributed by atoms with Gasteiger partial charge in [-0.25, -0.2) is 9.78 Å². The van der Waals surface area contributed by atoms with Crippen molar-refractivity contribution in [2.45, 2.75) is 76.9 Å². The molecule has 0 unspecified atom stereocenters. The van der Waals surface area contributed by atoms with Crippen molar-refractivity contribution in [3.8, 4) is 0 Å². The molecule has 2 heterocycles. The second kappa shape index (κ2) is 13.2. The smallest absolute Gasteiger partial charge is 0.408 e. The molecule has 0 saturated carbocycles. The Balaban J connectivity index is 1.56. The summed E-state index contributed by atoms with van der Waals surface area (Å²) in [5.74, 6) is 1.13. The number of imidazole rings is 1. The molecule has 1 fully saturated rings. The maximum Gasteiger partial charge on any atom is 0.408 e. The van der Waals surface area contributed by atoms with Crippen LogP contribution < -0.4 is 0 Å². The van der Waals surface area contributed by atoms with Crippen molar-refractivity contribution in [2.75, 3.05) is 26.8 Å². The molecule has 1 aliphatic heterocycles. The van der Waals surface area contributed by atoms with Crippen LogP contribution in [0.4, 0.5) is 4.79 Å². The highest BCUT2D eigenvalue weighted by Crippen LogP contribution is 2.31. The zero-order chi connectivity index (χ0) is 28.9. The lowest BCUT2D eigenvalue weighted by Crippen LogP contribution is -2.54. The van der Waals surface area contributed by atoms with Crippen LogP contribution in [-0.4, -0.2) is 74.8 Å². The number of rotatable bonds is 10. The van der Waals surface area contributed by atoms with Crippen molar-refractivity contribution < 1.29 is 19.4 Å². The second-order valence-electron chi connectivity index (χ2n) is 11.6. The van der Waals surface area contributed by atoms with Crippen molar-refractivity contribution in [2.24, 2.45) is 0 Å². The van der Waals surface area contributed by atoms with Crippen LogP contribution in [0.2, 0.25) is 0 Å². The van der Waals surface area contributed by atoms with E-state index in [1.807, 2.05) is 68.1 Å². The number of carbonyl (C=O) groups is 2. The van der Waals surface area contributed by atoms with Crippen molar-refractivity contribution in [1.29, 1.82) is 0 Å². The van der Waals surface area contributed by atoms with E-state index in [2.05, 4.69) is 26.6 Å². The third kappa shape index (κ3) is 7.23. The molecule has 0 radical (unpaired) electrons. The van der Waals surface area contributed by atoms with Gasteiger partial charge < -0.3 is 19.3 Å². The fourth-order valence-corrected chi connectivity index (χ4v) is 6.16. The molecule has 1 aromatic heterocycles. The first-order chi connectivity index (χ1) is 19.1. The predicted octanol–water partition coefficient (Wildman–Crippen LogP) is 6.32. The Labute approximate surface area is 245 Å². The van der Waals surface area contributed by atoms with Crippen LogP contribution >= 0.6 is 15.9 Å². The maximum absolute atomic E-state index is 13.8. The minimum atomic E-state index is -1.01. The number of fused-ring (bicyclic) bond motifs is 1. The van der Waals surface area contributed by atoms with E-state index in [0.29, 0.717) is 26.1 Å². The minimum Gasteiger partial charge on any atom is -0.465 e. The zero-order valence-electron chi connectivity index (χ0n) is 24.0. The van der Waals surface area contributed by atoms with Gasteiger partial charge in [0.2, 0.25) is 5.91 Å². The number of hydrogen-bond donors (Lipinski definition) is 1. The Morgan fingerprint density at radius 3 is 2.58 bits per heavy atom. The lowest BCUT2D eigenvalue weighted by molar-refractivity contribution is -0.134. The van der Waals surface area contributed by atoms with E-state index < -0.39 is 17.7 Å². The number of likely N-dealkylation sites (tertiary alicyclic amines) is 1. The van der Waals surface area contributed by atoms with Gasteiger partial charge in [-0.1, -0.05) is 40.2 Å². The molecule has 2 amide bonds. The highest BCUT2D eigenvalue weighted by molar-refractivity contribution is 9.10. The minimum absolute atomic E-state index is 0.00986. The molecule has 8 nitrogen and oxygen atoms in total. The number of hydrogen-bond acceptors (Lipinski definition) is 4. The third-order valence-corrected chi connectivity index (χ3v) is 8.17. The Morgan fingerprint density at radius 1 is 1.18 bits per heavy atom. The SMILES string of the molecule is COCCCn1c([C@@H]2CCCN(C(=O)C[C@@H](Cc3ccc(Br)cc3)N(C(=O)O)C(C)(C)C)C2)nc2ccccc21. The van der Waals surface area contributed by atoms with Crippen molar-refractivity contribution in [1.82, 2.24) is 19.4 Å². The first-order valence-electron chi connectivity index (χ1n) is 14.1. The van der Waals surface area contributed by atoms with Gasteiger partial charge in [-0.3, -0.25) is 9.69 Å². The van der Waals surface area contributed by atoms with Crippen LogP contribution in [0, 0.1) is 0 Å². The molecule has 2 atom stereocenters. The molecule has 40 heavy (non-hydrogen) atoms. The number of amides is 2. The van der Waals surface area contributed by atoms with E-state index in [0.717, 1.165) is 52.7 Å². The van der Waals surface area contributed by atoms with Crippen LogP contribution in [0.1, 0.15) is 63.8 Å². The predicted molar refractivity (Wildman–Crippen MR) is 161 cm³/mol. The van der Waals surface area contributed by atoms with Gasteiger partial charge in [0.1, 0.15) is 5.82 Å². The van der Waals surface area contributed by atoms with Crippen molar-refractivity contribution in [3.05, 3.63) is 64.4 Å². The first-order valence-corrected chi connectivity index (χ1v) is 14.9. The summed E-state index contributed by atoms with van der Waals surface area (Å²) < 4.78 is 8.54. The average molecular weight is 614 g/mol. The first kappa shape index (κ1) is 30.1. The van der Waals surface area contributed by atoms with Crippen LogP contribution in [0.3, 0.4) is 0 Å². The molecule has 0 aliphatic carbocycles. The van der Waals surface area contributed by atoms with Gasteiger partial charge in [0, 0.05) is 61.7 Å². The summed E-state index contributed by atoms with van der Waals surface area (Å²) in [6.45, 7) is 8.38. The highest BCUT2D eigenvalue weighted by atomic mass is 79.9. The Bertz CT molecular complexity index is 1300. The molecule has 2 aromatic carbocycles. The summed E-state index contributed by atoms with van der Waals surface area (Å²) in [5, 5.41) is 10.2. The summed E-state index contributed by atoms with van der Waals surface area (Å²) in [7, 11) is 1.71. The Morgan fingerprint density at radius 2 is 1.90 bits per heavy atom. The van der Waals surface area contributed by atoms with Gasteiger partial charge in [-0.05, 0) is 76.3 Å². The van der Waals surface area contributed by atoms with E-state index in [9.17, 15) is 14.7 Å². The van der Waals surface area contributed by atoms with Crippen LogP contribution in [0.25, 0.3) is 11.0 Å². The number of piperidine rings is 1. The van der Waals surface area contributed by atoms with E-state index in [4.69, 9.17) is 9.72 Å². The molecule has 216 valence electrons. The van der Waals surface area contributed by atoms with Crippen molar-refractivity contribution in [3.63, 3.8) is 0 Å². The molecular formula is C31H41BrN4O4. The lowest BCUT2D eigenvalue weighted by Gasteiger charge is -2.41. The molecule has 0 bridgehead atoms. The number of methoxy groups -OCH3 is 1. The third-order valence-electron chi connectivity index (χ3n) is 7.64. The molecule has 1 aliphatic rings. The van der Waals surface area contributed by atoms with Crippen LogP contribution in [0.5, 0.6) is 0 Å². The molecule has 9 heteroatoms. The normalized spacial score (nSPS) is 16.7. The molecule has 4 rings (SSSR count). The number of ether oxygens (including phenoxy) is 1. The summed E-state index contributed by atoms with van der Waals surface area (Å²) in [4.78, 5) is 34.6. The Hall–Kier alpha value is -2.91. The lowest BCUT2D eigenvalue weighted by atomic mass is 9.94. The van der Waals surface area contributed by atoms with Crippen LogP contribution in [0.15, 0.2) is 53.0 Å². The number of halogens is 1. The van der Waals surface area contributed by atoms with Crippen LogP contribution in [-0.2, 0) is 22.5 Å². The molecule has 1 N–H and O–H groups in total. The summed E-state index contributed by atoms with van der Waals surface area (Å²) >= 11 is 3.47. The van der Waals surface area contributed by atoms with Gasteiger partial charge in [-0.15, -0.1) is 0 Å². The highest BCUT2D eigenvalue weighted by Gasteiger charge is 2.36. The topological polar surface area (TPSA) is 87.9 Å². The van der Waals surface area contributed by atoms with Gasteiger partial charge in [0.05, 0.1) is 11.0 Å². The van der Waals surface area contributed by atoms with E-state index in [-0.39, 0.29) is 18.2 Å². The largest absolute Gasteiger partial charge is 0.465 e. The second-order valence-corrected chi connectivity index (χ2v) is 12.6. The number of para-hydroxylation sites is 2. The van der Waals surface area contributed by atoms with Gasteiger partial charge in [0.15, 0.2) is 0 Å². The standard InChI is InChI=1S/C31H41BrN4O4/c1-31(2,3)36(30(38)39)25(19-22-12-14-24(32)15-13-22)20-28(37)34-16-7-9-23(21-34)29-33-26-10-5-6-11-27(26)35(29)17-8-18-40-4/h5-6,10-15,23,25H,7-9,16-21H2,1-4H3,(H,38,39)/t23-,25-/m1/s1. The molecule has 1 saturated heterocycles. The maximum atomic E-state index is 13.8. The average Bonchev–Trinajstić information content (AvgIpc) is 3.28. The number of benzene rings is 2. The van der Waals surface area contributed by atoms with E-state index in [1.165, 1.54) is 4.90 Å². The van der Waals surface area contributed by atoms with Gasteiger partial charge in [0.25, 0.3) is 0 Å².